The smallest absolute Gasteiger partial charge is 0.325 e. The van der Waals surface area contributed by atoms with E-state index in [1.54, 1.807) is 6.07 Å². The van der Waals surface area contributed by atoms with Crippen molar-refractivity contribution in [3.8, 4) is 0 Å². The number of anilines is 1. The van der Waals surface area contributed by atoms with Crippen LogP contribution in [0, 0.1) is 0 Å². The van der Waals surface area contributed by atoms with E-state index in [0.717, 1.165) is 42.4 Å². The van der Waals surface area contributed by atoms with Gasteiger partial charge in [0.05, 0.1) is 5.52 Å². The van der Waals surface area contributed by atoms with Crippen molar-refractivity contribution in [1.29, 1.82) is 0 Å². The molecule has 25 heavy (non-hydrogen) atoms. The zero-order chi connectivity index (χ0) is 17.4. The summed E-state index contributed by atoms with van der Waals surface area (Å²) in [6.45, 7) is 1.15. The molecule has 1 aromatic carbocycles. The van der Waals surface area contributed by atoms with Crippen molar-refractivity contribution >= 4 is 40.3 Å². The first-order chi connectivity index (χ1) is 12.1. The molecule has 130 valence electrons. The second-order valence-electron chi connectivity index (χ2n) is 6.49. The minimum absolute atomic E-state index is 0.0656. The number of hydrogen-bond acceptors (Lipinski definition) is 5. The molecule has 1 saturated heterocycles. The number of carbonyl (C=O) groups is 2. The molecule has 0 atom stereocenters. The Hall–Kier alpha value is -2.41. The molecule has 0 bridgehead atoms. The van der Waals surface area contributed by atoms with Gasteiger partial charge in [-0.3, -0.25) is 9.69 Å². The van der Waals surface area contributed by atoms with Crippen LogP contribution in [-0.4, -0.2) is 45.4 Å². The van der Waals surface area contributed by atoms with Gasteiger partial charge in [0.25, 0.3) is 5.91 Å². The van der Waals surface area contributed by atoms with Gasteiger partial charge in [0.2, 0.25) is 0 Å². The van der Waals surface area contributed by atoms with Crippen LogP contribution >= 0.6 is 11.6 Å². The Labute approximate surface area is 149 Å². The predicted molar refractivity (Wildman–Crippen MR) is 94.5 cm³/mol. The number of halogens is 1. The monoisotopic (exact) mass is 359 g/mol. The molecule has 1 spiro atoms. The van der Waals surface area contributed by atoms with E-state index in [2.05, 4.69) is 20.6 Å². The van der Waals surface area contributed by atoms with Gasteiger partial charge in [-0.05, 0) is 43.9 Å². The SMILES string of the molecule is O=C1NC2(CC2)C(=O)N1CCCCNc1ncnc2cc(Cl)ccc12. The van der Waals surface area contributed by atoms with Crippen molar-refractivity contribution in [2.45, 2.75) is 31.2 Å². The Morgan fingerprint density at radius 1 is 1.24 bits per heavy atom. The molecule has 8 heteroatoms. The molecular weight excluding hydrogens is 342 g/mol. The highest BCUT2D eigenvalue weighted by atomic mass is 35.5. The average Bonchev–Trinajstić information content (AvgIpc) is 3.33. The molecule has 3 amide bonds. The van der Waals surface area contributed by atoms with Gasteiger partial charge in [0.15, 0.2) is 0 Å². The molecule has 2 fully saturated rings. The van der Waals surface area contributed by atoms with E-state index in [-0.39, 0.29) is 11.9 Å². The third-order valence-electron chi connectivity index (χ3n) is 4.70. The number of nitrogens with one attached hydrogen (secondary N) is 2. The number of amides is 3. The molecule has 1 aliphatic carbocycles. The number of aromatic nitrogens is 2. The van der Waals surface area contributed by atoms with Crippen LogP contribution in [0.15, 0.2) is 24.5 Å². The van der Waals surface area contributed by atoms with Crippen molar-refractivity contribution in [1.82, 2.24) is 20.2 Å². The van der Waals surface area contributed by atoms with Gasteiger partial charge in [-0.15, -0.1) is 0 Å². The molecule has 7 nitrogen and oxygen atoms in total. The lowest BCUT2D eigenvalue weighted by molar-refractivity contribution is -0.128. The highest BCUT2D eigenvalue weighted by molar-refractivity contribution is 6.31. The molecule has 1 aromatic heterocycles. The van der Waals surface area contributed by atoms with Crippen LogP contribution in [0.4, 0.5) is 10.6 Å². The summed E-state index contributed by atoms with van der Waals surface area (Å²) in [5.74, 6) is 0.692. The number of unbranched alkanes of at least 4 members (excludes halogenated alkanes) is 1. The number of nitrogens with zero attached hydrogens (tertiary/aromatic N) is 3. The van der Waals surface area contributed by atoms with Crippen LogP contribution in [0.2, 0.25) is 5.02 Å². The number of urea groups is 1. The standard InChI is InChI=1S/C17H18ClN5O2/c18-11-3-4-12-13(9-11)20-10-21-14(12)19-7-1-2-8-23-15(24)17(5-6-17)22-16(23)25/h3-4,9-10H,1-2,5-8H2,(H,22,25)(H,19,20,21). The van der Waals surface area contributed by atoms with E-state index in [1.165, 1.54) is 11.2 Å². The van der Waals surface area contributed by atoms with Crippen LogP contribution in [0.5, 0.6) is 0 Å². The van der Waals surface area contributed by atoms with Gasteiger partial charge in [-0.2, -0.15) is 0 Å². The lowest BCUT2D eigenvalue weighted by Gasteiger charge is -2.13. The third-order valence-corrected chi connectivity index (χ3v) is 4.93. The molecule has 0 unspecified atom stereocenters. The Morgan fingerprint density at radius 2 is 2.08 bits per heavy atom. The highest BCUT2D eigenvalue weighted by Gasteiger charge is 2.59. The summed E-state index contributed by atoms with van der Waals surface area (Å²) >= 11 is 5.98. The van der Waals surface area contributed by atoms with Gasteiger partial charge >= 0.3 is 6.03 Å². The normalized spacial score (nSPS) is 18.0. The molecule has 1 aliphatic heterocycles. The Balaban J connectivity index is 1.29. The highest BCUT2D eigenvalue weighted by Crippen LogP contribution is 2.40. The Kier molecular flexibility index (Phi) is 3.95. The maximum absolute atomic E-state index is 12.2. The number of benzene rings is 1. The number of hydrogen-bond donors (Lipinski definition) is 2. The van der Waals surface area contributed by atoms with Gasteiger partial charge in [0, 0.05) is 23.5 Å². The molecular formula is C17H18ClN5O2. The molecule has 2 aliphatic rings. The zero-order valence-corrected chi connectivity index (χ0v) is 14.3. The fourth-order valence-electron chi connectivity index (χ4n) is 3.12. The summed E-state index contributed by atoms with van der Waals surface area (Å²) in [6, 6.07) is 5.25. The van der Waals surface area contributed by atoms with Crippen molar-refractivity contribution in [3.63, 3.8) is 0 Å². The number of fused-ring (bicyclic) bond motifs is 1. The van der Waals surface area contributed by atoms with Gasteiger partial charge in [-0.1, -0.05) is 11.6 Å². The summed E-state index contributed by atoms with van der Waals surface area (Å²) in [5, 5.41) is 7.63. The maximum Gasteiger partial charge on any atom is 0.325 e. The largest absolute Gasteiger partial charge is 0.369 e. The zero-order valence-electron chi connectivity index (χ0n) is 13.6. The average molecular weight is 360 g/mol. The lowest BCUT2D eigenvalue weighted by atomic mass is 10.2. The second-order valence-corrected chi connectivity index (χ2v) is 6.92. The summed E-state index contributed by atoms with van der Waals surface area (Å²) < 4.78 is 0. The molecule has 1 saturated carbocycles. The van der Waals surface area contributed by atoms with Crippen LogP contribution in [0.1, 0.15) is 25.7 Å². The number of carbonyl (C=O) groups excluding carboxylic acids is 2. The van der Waals surface area contributed by atoms with Crippen molar-refractivity contribution in [2.75, 3.05) is 18.4 Å². The van der Waals surface area contributed by atoms with Crippen LogP contribution in [-0.2, 0) is 4.79 Å². The van der Waals surface area contributed by atoms with Crippen molar-refractivity contribution in [3.05, 3.63) is 29.5 Å². The van der Waals surface area contributed by atoms with E-state index >= 15 is 0 Å². The van der Waals surface area contributed by atoms with Gasteiger partial charge < -0.3 is 10.6 Å². The Morgan fingerprint density at radius 3 is 2.84 bits per heavy atom. The van der Waals surface area contributed by atoms with Gasteiger partial charge in [-0.25, -0.2) is 14.8 Å². The number of rotatable bonds is 6. The topological polar surface area (TPSA) is 87.2 Å². The van der Waals surface area contributed by atoms with Crippen LogP contribution < -0.4 is 10.6 Å². The van der Waals surface area contributed by atoms with E-state index in [1.807, 2.05) is 12.1 Å². The maximum atomic E-state index is 12.2. The quantitative estimate of drug-likeness (QED) is 0.611. The minimum Gasteiger partial charge on any atom is -0.369 e. The molecule has 0 radical (unpaired) electrons. The van der Waals surface area contributed by atoms with E-state index in [9.17, 15) is 9.59 Å². The first-order valence-corrected chi connectivity index (χ1v) is 8.75. The Bertz CT molecular complexity index is 852. The van der Waals surface area contributed by atoms with E-state index in [4.69, 9.17) is 11.6 Å². The van der Waals surface area contributed by atoms with Crippen LogP contribution in [0.3, 0.4) is 0 Å². The molecule has 2 aromatic rings. The fraction of sp³-hybridized carbons (Fsp3) is 0.412. The summed E-state index contributed by atoms with van der Waals surface area (Å²) in [6.07, 6.45) is 4.60. The van der Waals surface area contributed by atoms with E-state index in [0.29, 0.717) is 18.1 Å². The molecule has 2 N–H and O–H groups in total. The summed E-state index contributed by atoms with van der Waals surface area (Å²) in [7, 11) is 0. The number of imide groups is 1. The fourth-order valence-corrected chi connectivity index (χ4v) is 3.28. The first-order valence-electron chi connectivity index (χ1n) is 8.37. The minimum atomic E-state index is -0.559. The summed E-state index contributed by atoms with van der Waals surface area (Å²) in [4.78, 5) is 33.8. The van der Waals surface area contributed by atoms with Crippen molar-refractivity contribution < 1.29 is 9.59 Å². The second kappa shape index (κ2) is 6.15. The van der Waals surface area contributed by atoms with Gasteiger partial charge in [0.1, 0.15) is 17.7 Å². The lowest BCUT2D eigenvalue weighted by Crippen LogP contribution is -2.33. The molecule has 4 rings (SSSR count). The summed E-state index contributed by atoms with van der Waals surface area (Å²) in [5.41, 5.74) is 0.232. The predicted octanol–water partition coefficient (Wildman–Crippen LogP) is 2.56. The van der Waals surface area contributed by atoms with Crippen LogP contribution in [0.25, 0.3) is 10.9 Å². The van der Waals surface area contributed by atoms with Crippen molar-refractivity contribution in [2.24, 2.45) is 0 Å². The molecule has 2 heterocycles. The van der Waals surface area contributed by atoms with E-state index < -0.39 is 5.54 Å². The third kappa shape index (κ3) is 3.00. The first kappa shape index (κ1) is 16.1.